The van der Waals surface area contributed by atoms with Crippen molar-refractivity contribution in [3.63, 3.8) is 0 Å². The van der Waals surface area contributed by atoms with Gasteiger partial charge in [0.05, 0.1) is 20.1 Å². The van der Waals surface area contributed by atoms with Crippen LogP contribution < -0.4 is 5.32 Å². The molecule has 1 aliphatic rings. The van der Waals surface area contributed by atoms with Crippen LogP contribution in [0.15, 0.2) is 0 Å². The third-order valence-electron chi connectivity index (χ3n) is 3.55. The van der Waals surface area contributed by atoms with Gasteiger partial charge in [-0.05, 0) is 6.42 Å². The van der Waals surface area contributed by atoms with Crippen LogP contribution in [0.5, 0.6) is 0 Å². The summed E-state index contributed by atoms with van der Waals surface area (Å²) in [6.07, 6.45) is 0.875. The van der Waals surface area contributed by atoms with E-state index in [1.54, 1.807) is 0 Å². The molecule has 1 amide bonds. The number of thioether (sulfide) groups is 1. The highest BCUT2D eigenvalue weighted by Crippen LogP contribution is 2.32. The number of methoxy groups -OCH3 is 2. The van der Waals surface area contributed by atoms with E-state index < -0.39 is 23.8 Å². The topological polar surface area (TPSA) is 98.8 Å². The summed E-state index contributed by atoms with van der Waals surface area (Å²) in [5.41, 5.74) is 0. The van der Waals surface area contributed by atoms with Crippen molar-refractivity contribution in [3.05, 3.63) is 0 Å². The minimum atomic E-state index is -0.763. The van der Waals surface area contributed by atoms with E-state index >= 15 is 0 Å². The third-order valence-corrected chi connectivity index (χ3v) is 4.71. The molecular formula is C14H21NO6S. The zero-order valence-corrected chi connectivity index (χ0v) is 13.7. The molecule has 1 N–H and O–H groups in total. The van der Waals surface area contributed by atoms with E-state index in [0.29, 0.717) is 18.6 Å². The lowest BCUT2D eigenvalue weighted by Crippen LogP contribution is -2.42. The van der Waals surface area contributed by atoms with Crippen LogP contribution in [0.1, 0.15) is 19.8 Å². The zero-order valence-electron chi connectivity index (χ0n) is 12.9. The number of ketones is 1. The van der Waals surface area contributed by atoms with Crippen LogP contribution >= 0.6 is 11.8 Å². The Morgan fingerprint density at radius 3 is 2.55 bits per heavy atom. The lowest BCUT2D eigenvalue weighted by atomic mass is 9.98. The number of ether oxygens (including phenoxy) is 2. The second-order valence-corrected chi connectivity index (χ2v) is 6.13. The van der Waals surface area contributed by atoms with Crippen molar-refractivity contribution in [2.75, 3.05) is 25.7 Å². The number of carbonyl (C=O) groups is 4. The number of esters is 2. The van der Waals surface area contributed by atoms with Crippen molar-refractivity contribution in [2.45, 2.75) is 25.8 Å². The lowest BCUT2D eigenvalue weighted by Gasteiger charge is -2.18. The Morgan fingerprint density at radius 1 is 1.32 bits per heavy atom. The molecule has 0 saturated heterocycles. The highest BCUT2D eigenvalue weighted by atomic mass is 32.2. The molecule has 1 fully saturated rings. The van der Waals surface area contributed by atoms with Crippen LogP contribution in [0.4, 0.5) is 0 Å². The van der Waals surface area contributed by atoms with Gasteiger partial charge in [-0.15, -0.1) is 0 Å². The molecule has 1 saturated carbocycles. The van der Waals surface area contributed by atoms with Gasteiger partial charge in [-0.2, -0.15) is 11.8 Å². The molecule has 1 rings (SSSR count). The van der Waals surface area contributed by atoms with E-state index in [1.165, 1.54) is 32.9 Å². The van der Waals surface area contributed by atoms with E-state index in [0.717, 1.165) is 0 Å². The Morgan fingerprint density at radius 2 is 2.00 bits per heavy atom. The van der Waals surface area contributed by atoms with Gasteiger partial charge in [-0.25, -0.2) is 4.79 Å². The van der Waals surface area contributed by atoms with Gasteiger partial charge < -0.3 is 14.8 Å². The summed E-state index contributed by atoms with van der Waals surface area (Å²) in [6, 6.07) is -0.763. The molecule has 124 valence electrons. The molecular weight excluding hydrogens is 310 g/mol. The van der Waals surface area contributed by atoms with Crippen LogP contribution in [-0.2, 0) is 28.7 Å². The molecule has 3 atom stereocenters. The first-order chi connectivity index (χ1) is 10.4. The van der Waals surface area contributed by atoms with Crippen molar-refractivity contribution in [1.29, 1.82) is 0 Å². The van der Waals surface area contributed by atoms with E-state index in [4.69, 9.17) is 4.74 Å². The van der Waals surface area contributed by atoms with Crippen LogP contribution in [0.25, 0.3) is 0 Å². The minimum absolute atomic E-state index is 0.0389. The van der Waals surface area contributed by atoms with E-state index in [1.807, 2.05) is 0 Å². The summed E-state index contributed by atoms with van der Waals surface area (Å²) in [7, 11) is 2.55. The van der Waals surface area contributed by atoms with Gasteiger partial charge >= 0.3 is 11.9 Å². The van der Waals surface area contributed by atoms with Crippen molar-refractivity contribution in [2.24, 2.45) is 11.8 Å². The highest BCUT2D eigenvalue weighted by molar-refractivity contribution is 7.99. The average Bonchev–Trinajstić information content (AvgIpc) is 2.85. The summed E-state index contributed by atoms with van der Waals surface area (Å²) in [4.78, 5) is 46.2. The van der Waals surface area contributed by atoms with Crippen LogP contribution in [0.3, 0.4) is 0 Å². The Bertz CT molecular complexity index is 453. The average molecular weight is 331 g/mol. The normalized spacial score (nSPS) is 22.0. The fourth-order valence-corrected chi connectivity index (χ4v) is 3.68. The second-order valence-electron chi connectivity index (χ2n) is 5.05. The number of hydrogen-bond acceptors (Lipinski definition) is 7. The maximum absolute atomic E-state index is 11.9. The van der Waals surface area contributed by atoms with Gasteiger partial charge in [0.15, 0.2) is 0 Å². The van der Waals surface area contributed by atoms with Crippen molar-refractivity contribution >= 4 is 35.4 Å². The molecule has 0 heterocycles. The van der Waals surface area contributed by atoms with Gasteiger partial charge in [0, 0.05) is 30.8 Å². The Kier molecular flexibility index (Phi) is 7.37. The summed E-state index contributed by atoms with van der Waals surface area (Å²) >= 11 is 1.34. The molecule has 0 spiro atoms. The molecule has 0 aliphatic heterocycles. The molecule has 0 aromatic heterocycles. The van der Waals surface area contributed by atoms with Gasteiger partial charge in [-0.3, -0.25) is 14.4 Å². The van der Waals surface area contributed by atoms with Crippen LogP contribution in [-0.4, -0.2) is 55.4 Å². The maximum Gasteiger partial charge on any atom is 0.329 e. The van der Waals surface area contributed by atoms with Crippen molar-refractivity contribution in [3.8, 4) is 0 Å². The molecule has 3 unspecified atom stereocenters. The summed E-state index contributed by atoms with van der Waals surface area (Å²) in [5, 5.41) is 2.50. The Hall–Kier alpha value is -1.57. The number of rotatable bonds is 7. The molecule has 0 aromatic carbocycles. The molecule has 0 aromatic rings. The van der Waals surface area contributed by atoms with Crippen LogP contribution in [0, 0.1) is 11.8 Å². The summed E-state index contributed by atoms with van der Waals surface area (Å²) in [6.45, 7) is 1.31. The lowest BCUT2D eigenvalue weighted by molar-refractivity contribution is -0.147. The Labute approximate surface area is 133 Å². The van der Waals surface area contributed by atoms with Crippen molar-refractivity contribution in [1.82, 2.24) is 5.32 Å². The molecule has 0 bridgehead atoms. The predicted molar refractivity (Wildman–Crippen MR) is 80.2 cm³/mol. The number of Topliss-reactive ketones (excluding diaryl/α,β-unsaturated/α-hetero) is 1. The van der Waals surface area contributed by atoms with Gasteiger partial charge in [0.2, 0.25) is 5.91 Å². The first kappa shape index (κ1) is 18.5. The van der Waals surface area contributed by atoms with E-state index in [2.05, 4.69) is 10.1 Å². The quantitative estimate of drug-likeness (QED) is 0.664. The van der Waals surface area contributed by atoms with Gasteiger partial charge in [-0.1, -0.05) is 0 Å². The maximum atomic E-state index is 11.9. The third kappa shape index (κ3) is 5.01. The number of hydrogen-bond donors (Lipinski definition) is 1. The highest BCUT2D eigenvalue weighted by Gasteiger charge is 2.39. The van der Waals surface area contributed by atoms with Crippen LogP contribution in [0.2, 0.25) is 0 Å². The fraction of sp³-hybridized carbons (Fsp3) is 0.714. The zero-order chi connectivity index (χ0) is 16.7. The van der Waals surface area contributed by atoms with Gasteiger partial charge in [0.1, 0.15) is 11.8 Å². The standard InChI is InChI=1S/C14H21NO6S/c1-8(16)15-11(14(19)21-3)7-22-6-10-9(13(18)20-2)4-5-12(10)17/h9-11H,4-7H2,1-3H3,(H,15,16). The number of carbonyl (C=O) groups excluding carboxylic acids is 4. The van der Waals surface area contributed by atoms with Crippen molar-refractivity contribution < 1.29 is 28.7 Å². The van der Waals surface area contributed by atoms with Gasteiger partial charge in [0.25, 0.3) is 0 Å². The fourth-order valence-electron chi connectivity index (χ4n) is 2.42. The predicted octanol–water partition coefficient (Wildman–Crippen LogP) is 0.166. The second kappa shape index (κ2) is 8.77. The summed E-state index contributed by atoms with van der Waals surface area (Å²) < 4.78 is 9.34. The molecule has 22 heavy (non-hydrogen) atoms. The minimum Gasteiger partial charge on any atom is -0.469 e. The smallest absolute Gasteiger partial charge is 0.329 e. The Balaban J connectivity index is 2.55. The first-order valence-corrected chi connectivity index (χ1v) is 8.09. The monoisotopic (exact) mass is 331 g/mol. The summed E-state index contributed by atoms with van der Waals surface area (Å²) in [5.74, 6) is -1.32. The molecule has 8 heteroatoms. The molecule has 0 radical (unpaired) electrons. The SMILES string of the molecule is COC(=O)C(CSCC1C(=O)CCC1C(=O)OC)NC(C)=O. The first-order valence-electron chi connectivity index (χ1n) is 6.93. The van der Waals surface area contributed by atoms with E-state index in [-0.39, 0.29) is 23.4 Å². The largest absolute Gasteiger partial charge is 0.469 e. The van der Waals surface area contributed by atoms with E-state index in [9.17, 15) is 19.2 Å². The molecule has 7 nitrogen and oxygen atoms in total. The molecule has 1 aliphatic carbocycles. The number of nitrogens with one attached hydrogen (secondary N) is 1. The number of amides is 1.